The molecule has 27 heteroatoms. The number of alkyl halides is 1. The van der Waals surface area contributed by atoms with Crippen molar-refractivity contribution in [2.75, 3.05) is 5.32 Å². The van der Waals surface area contributed by atoms with Crippen molar-refractivity contribution in [3.05, 3.63) is 194 Å². The molecule has 0 aromatic heterocycles. The predicted molar refractivity (Wildman–Crippen MR) is 570 cm³/mol. The van der Waals surface area contributed by atoms with Crippen LogP contribution < -0.4 is 33.7 Å². The first-order chi connectivity index (χ1) is 59.0. The molecule has 7 aromatic rings. The second-order valence-corrected chi connectivity index (χ2v) is 44.2. The number of aryl methyl sites for hydroxylation is 6. The summed E-state index contributed by atoms with van der Waals surface area (Å²) in [6.45, 7) is 57.8. The van der Waals surface area contributed by atoms with E-state index in [-0.39, 0.29) is 74.4 Å². The van der Waals surface area contributed by atoms with Gasteiger partial charge in [0.2, 0.25) is 12.0 Å². The number of carbonyl (C=O) groups is 10. The zero-order valence-electron chi connectivity index (χ0n) is 80.1. The van der Waals surface area contributed by atoms with Crippen LogP contribution in [0.15, 0.2) is 133 Å². The molecule has 0 spiro atoms. The number of rotatable bonds is 25. The first-order valence-electron chi connectivity index (χ1n) is 42.6. The van der Waals surface area contributed by atoms with Gasteiger partial charge < -0.3 is 48.3 Å². The maximum Gasteiger partial charge on any atom is 0.349 e. The van der Waals surface area contributed by atoms with E-state index in [0.717, 1.165) is 78.8 Å². The summed E-state index contributed by atoms with van der Waals surface area (Å²) in [5, 5.41) is 12.1. The van der Waals surface area contributed by atoms with Crippen molar-refractivity contribution in [3.8, 4) is 34.5 Å². The fraction of sp³-hybridized carbons (Fsp3) is 0.485. The maximum atomic E-state index is 12.0. The first kappa shape index (κ1) is 120. The third-order valence-corrected chi connectivity index (χ3v) is 28.1. The Bertz CT molecular complexity index is 4660. The number of carbonyl (C=O) groups excluding carboxylic acids is 9. The minimum Gasteiger partial charge on any atom is -0.478 e. The number of nitrogens with one attached hydrogen (secondary N) is 1. The van der Waals surface area contributed by atoms with Gasteiger partial charge in [-0.3, -0.25) is 38.4 Å². The van der Waals surface area contributed by atoms with E-state index in [1.165, 1.54) is 16.7 Å². The van der Waals surface area contributed by atoms with Gasteiger partial charge in [-0.1, -0.05) is 170 Å². The molecule has 4 unspecified atom stereocenters. The summed E-state index contributed by atoms with van der Waals surface area (Å²) in [6, 6.07) is 41.8. The molecule has 8 rings (SSSR count). The summed E-state index contributed by atoms with van der Waals surface area (Å²) < 4.78 is 47.7. The number of carboxylic acids is 1. The van der Waals surface area contributed by atoms with Gasteiger partial charge in [0, 0.05) is 21.8 Å². The van der Waals surface area contributed by atoms with Crippen LogP contribution in [0.4, 0.5) is 5.69 Å². The highest BCUT2D eigenvalue weighted by Gasteiger charge is 2.44. The molecule has 0 bridgehead atoms. The summed E-state index contributed by atoms with van der Waals surface area (Å²) in [6.07, 6.45) is 5.11. The highest BCUT2D eigenvalue weighted by molar-refractivity contribution is 14.1. The Morgan fingerprint density at radius 3 is 1.18 bits per heavy atom. The number of hydrogen-bond acceptors (Lipinski definition) is 18. The SMILES string of the molecule is CCC(C)(C)C(=O)Nc1ccc(C)cc1.CCC(C)(C)C(=O)Oc1c(C)cc(C)cc1C.CCC(C)(C)C(=O)Oc1c(I)cc(C)cc1I.CCC(C)(C)C(=O)Oc1cc(I)cc(I)c1C(=O)O.CCC(C)(C)C(=O)Oc1ccc(C)cc1.CCC(C)(C)C(=O)Oc1cccc(I)c1.CCC(C)(C)C(=O)Oc1ccccc1I.CCC(C)C(=O)OC1C(=O)OC(C)C1I. The normalized spacial score (nSPS) is 13.7. The number of para-hydroxylation sites is 1. The van der Waals surface area contributed by atoms with Crippen LogP contribution in [-0.2, 0) is 52.6 Å². The number of carboxylic acid groups (broad SMARTS) is 1. The molecule has 0 saturated carbocycles. The zero-order chi connectivity index (χ0) is 98.7. The summed E-state index contributed by atoms with van der Waals surface area (Å²) in [5.41, 5.74) is 4.60. The number of amides is 1. The van der Waals surface area contributed by atoms with Crippen LogP contribution in [0.2, 0.25) is 0 Å². The topological polar surface area (TPSA) is 277 Å². The molecule has 1 fully saturated rings. The Kier molecular flexibility index (Phi) is 52.5. The zero-order valence-corrected chi connectivity index (χ0v) is 95.2. The van der Waals surface area contributed by atoms with E-state index in [0.29, 0.717) is 45.2 Å². The Hall–Kier alpha value is -5.65. The van der Waals surface area contributed by atoms with Gasteiger partial charge in [0.05, 0.1) is 53.0 Å². The molecule has 4 atom stereocenters. The van der Waals surface area contributed by atoms with E-state index < -0.39 is 56.5 Å². The highest BCUT2D eigenvalue weighted by Crippen LogP contribution is 2.37. The third kappa shape index (κ3) is 41.1. The molecule has 1 aliphatic heterocycles. The number of ether oxygens (including phenoxy) is 8. The van der Waals surface area contributed by atoms with Crippen molar-refractivity contribution >= 4 is 223 Å². The lowest BCUT2D eigenvalue weighted by atomic mass is 9.89. The number of aromatic carboxylic acids is 1. The molecule has 0 aliphatic carbocycles. The molecule has 7 aromatic carbocycles. The third-order valence-electron chi connectivity index (χ3n) is 21.8. The van der Waals surface area contributed by atoms with Crippen LogP contribution in [0.5, 0.6) is 34.5 Å². The number of benzene rings is 7. The number of halogens is 7. The molecule has 2 N–H and O–H groups in total. The van der Waals surface area contributed by atoms with Crippen molar-refractivity contribution in [3.63, 3.8) is 0 Å². The van der Waals surface area contributed by atoms with E-state index in [4.69, 9.17) is 37.9 Å². The average Bonchev–Trinajstić information content (AvgIpc) is 1.75. The Labute approximate surface area is 857 Å². The van der Waals surface area contributed by atoms with Crippen LogP contribution in [0.25, 0.3) is 0 Å². The maximum absolute atomic E-state index is 12.0. The lowest BCUT2D eigenvalue weighted by molar-refractivity contribution is -0.163. The Morgan fingerprint density at radius 1 is 0.406 bits per heavy atom. The van der Waals surface area contributed by atoms with Crippen LogP contribution in [-0.4, -0.2) is 80.9 Å². The van der Waals surface area contributed by atoms with Gasteiger partial charge in [0.15, 0.2) is 5.75 Å². The van der Waals surface area contributed by atoms with Gasteiger partial charge in [0.1, 0.15) is 40.4 Å². The fourth-order valence-electron chi connectivity index (χ4n) is 9.22. The van der Waals surface area contributed by atoms with Crippen molar-refractivity contribution in [2.45, 2.75) is 275 Å². The number of anilines is 1. The molecule has 1 saturated heterocycles. The molecule has 1 amide bonds. The second-order valence-electron chi connectivity index (χ2n) is 35.6. The standard InChI is InChI=1S/C15H22O2.C13H14I2O4.C13H16I2O2.C13H19NO.C13H18O2.2C12H15IO2.C10H15IO4/c1-7-15(5,6)14(16)17-13-11(3)8-10(2)9-12(13)4;1-4-13(2,3)12(18)19-9-6-7(14)5-8(15)10(9)11(16)17;1-5-13(3,4)12(16)17-11-9(14)6-8(2)7-10(11)15;1-5-13(3,4)12(15)14-11-8-6-10(2)7-9-11;1-5-13(3,4)12(14)15-11-8-6-10(2)7-9-11;1-4-12(2,3)11(14)15-10-7-5-6-9(13)8-10;1-4-12(2,3)11(14)15-10-8-6-5-7-9(10)13;1-4-5(2)9(12)15-8-7(11)6(3)14-10(8)13/h8-9H,7H2,1-6H3;5-6H,4H2,1-3H3,(H,16,17);6-7H,5H2,1-4H3;6-9H,5H2,1-4H3,(H,14,15);6-9H,5H2,1-4H3;3*5-8H,4H2,1-3H3. The fourth-order valence-corrected chi connectivity index (χ4v) is 15.1. The molecule has 706 valence electrons. The molecule has 1 aliphatic rings. The van der Waals surface area contributed by atoms with Gasteiger partial charge in [0.25, 0.3) is 0 Å². The minimum atomic E-state index is -1.10. The van der Waals surface area contributed by atoms with Crippen molar-refractivity contribution in [1.82, 2.24) is 0 Å². The smallest absolute Gasteiger partial charge is 0.349 e. The van der Waals surface area contributed by atoms with Crippen LogP contribution >= 0.6 is 158 Å². The van der Waals surface area contributed by atoms with Crippen molar-refractivity contribution < 1.29 is 90.9 Å². The average molecular weight is 2550 g/mol. The largest absolute Gasteiger partial charge is 0.478 e. The van der Waals surface area contributed by atoms with E-state index >= 15 is 0 Å². The van der Waals surface area contributed by atoms with Gasteiger partial charge in [-0.2, -0.15) is 0 Å². The quantitative estimate of drug-likeness (QED) is 0.0233. The number of cyclic esters (lactones) is 1. The van der Waals surface area contributed by atoms with E-state index in [1.807, 2.05) is 318 Å². The summed E-state index contributed by atoms with van der Waals surface area (Å²) in [5.74, 6) is 0.170. The molecule has 1 heterocycles. The minimum absolute atomic E-state index is 0.0290. The van der Waals surface area contributed by atoms with Gasteiger partial charge in [-0.15, -0.1) is 0 Å². The predicted octanol–water partition coefficient (Wildman–Crippen LogP) is 28.1. The van der Waals surface area contributed by atoms with E-state index in [1.54, 1.807) is 45.9 Å². The molecule has 20 nitrogen and oxygen atoms in total. The lowest BCUT2D eigenvalue weighted by Gasteiger charge is -2.21. The van der Waals surface area contributed by atoms with Crippen molar-refractivity contribution in [1.29, 1.82) is 0 Å². The molecular weight excluding hydrogens is 2420 g/mol. The molecular formula is C101H134I7NO19. The van der Waals surface area contributed by atoms with E-state index in [9.17, 15) is 53.1 Å². The summed E-state index contributed by atoms with van der Waals surface area (Å²) in [4.78, 5) is 117. The van der Waals surface area contributed by atoms with Gasteiger partial charge >= 0.3 is 53.7 Å². The lowest BCUT2D eigenvalue weighted by Crippen LogP contribution is -2.32. The Balaban J connectivity index is 0.000000732. The monoisotopic (exact) mass is 2550 g/mol. The van der Waals surface area contributed by atoms with Gasteiger partial charge in [-0.25, -0.2) is 9.59 Å². The van der Waals surface area contributed by atoms with Crippen molar-refractivity contribution in [2.24, 2.45) is 43.8 Å². The Morgan fingerprint density at radius 2 is 0.789 bits per heavy atom. The van der Waals surface area contributed by atoms with E-state index in [2.05, 4.69) is 141 Å². The van der Waals surface area contributed by atoms with Crippen LogP contribution in [0.3, 0.4) is 0 Å². The van der Waals surface area contributed by atoms with Crippen LogP contribution in [0, 0.1) is 107 Å². The number of esters is 8. The van der Waals surface area contributed by atoms with Gasteiger partial charge in [-0.05, 0) is 414 Å². The highest BCUT2D eigenvalue weighted by atomic mass is 127. The summed E-state index contributed by atoms with van der Waals surface area (Å²) >= 11 is 14.8. The molecule has 128 heavy (non-hydrogen) atoms. The first-order valence-corrected chi connectivity index (χ1v) is 50.4. The second kappa shape index (κ2) is 55.9. The molecule has 0 radical (unpaired) electrons. The van der Waals surface area contributed by atoms with Crippen LogP contribution in [0.1, 0.15) is 261 Å². The number of hydrogen-bond donors (Lipinski definition) is 2. The summed E-state index contributed by atoms with van der Waals surface area (Å²) in [7, 11) is 0.